The van der Waals surface area contributed by atoms with Gasteiger partial charge >= 0.3 is 6.18 Å². The Balaban J connectivity index is 0.00000450. The zero-order valence-corrected chi connectivity index (χ0v) is 20.0. The van der Waals surface area contributed by atoms with Gasteiger partial charge in [-0.3, -0.25) is 9.89 Å². The fourth-order valence-corrected chi connectivity index (χ4v) is 3.11. The van der Waals surface area contributed by atoms with Gasteiger partial charge in [-0.25, -0.2) is 0 Å². The Hall–Kier alpha value is -1.11. The lowest BCUT2D eigenvalue weighted by molar-refractivity contribution is -0.176. The first kappa shape index (κ1) is 26.9. The molecule has 10 heteroatoms. The maximum atomic E-state index is 12.1. The number of rotatable bonds is 9. The van der Waals surface area contributed by atoms with E-state index in [4.69, 9.17) is 0 Å². The van der Waals surface area contributed by atoms with Gasteiger partial charge < -0.3 is 20.3 Å². The van der Waals surface area contributed by atoms with Gasteiger partial charge in [0, 0.05) is 52.9 Å². The van der Waals surface area contributed by atoms with Gasteiger partial charge in [-0.2, -0.15) is 13.2 Å². The molecule has 6 nitrogen and oxygen atoms in total. The molecule has 0 radical (unpaired) electrons. The van der Waals surface area contributed by atoms with Crippen molar-refractivity contribution in [3.05, 3.63) is 35.4 Å². The number of aliphatic imine (C=N–C) groups is 1. The van der Waals surface area contributed by atoms with Crippen molar-refractivity contribution in [2.24, 2.45) is 4.99 Å². The quantitative estimate of drug-likeness (QED) is 0.285. The molecule has 0 aromatic heterocycles. The molecule has 1 aliphatic rings. The predicted molar refractivity (Wildman–Crippen MR) is 124 cm³/mol. The maximum Gasteiger partial charge on any atom is 0.411 e. The largest absolute Gasteiger partial charge is 0.411 e. The van der Waals surface area contributed by atoms with Gasteiger partial charge in [0.25, 0.3) is 0 Å². The van der Waals surface area contributed by atoms with E-state index >= 15 is 0 Å². The van der Waals surface area contributed by atoms with Crippen molar-refractivity contribution in [1.29, 1.82) is 0 Å². The number of likely N-dealkylation sites (N-methyl/N-ethyl adjacent to an activating group) is 1. The van der Waals surface area contributed by atoms with Crippen LogP contribution >= 0.6 is 24.0 Å². The Labute approximate surface area is 194 Å². The summed E-state index contributed by atoms with van der Waals surface area (Å²) in [5.74, 6) is 0.731. The van der Waals surface area contributed by atoms with Gasteiger partial charge in [-0.05, 0) is 17.7 Å². The summed E-state index contributed by atoms with van der Waals surface area (Å²) >= 11 is 0. The van der Waals surface area contributed by atoms with Crippen molar-refractivity contribution in [3.63, 3.8) is 0 Å². The van der Waals surface area contributed by atoms with Crippen molar-refractivity contribution < 1.29 is 17.9 Å². The number of guanidine groups is 1. The van der Waals surface area contributed by atoms with Crippen molar-refractivity contribution in [1.82, 2.24) is 20.4 Å². The Kier molecular flexibility index (Phi) is 12.6. The first-order valence-corrected chi connectivity index (χ1v) is 10.0. The maximum absolute atomic E-state index is 12.1. The first-order chi connectivity index (χ1) is 13.9. The zero-order valence-electron chi connectivity index (χ0n) is 17.7. The van der Waals surface area contributed by atoms with E-state index in [-0.39, 0.29) is 30.6 Å². The third-order valence-corrected chi connectivity index (χ3v) is 4.87. The second kappa shape index (κ2) is 14.0. The second-order valence-electron chi connectivity index (χ2n) is 7.05. The van der Waals surface area contributed by atoms with Crippen molar-refractivity contribution in [2.75, 3.05) is 59.5 Å². The number of benzene rings is 1. The molecule has 172 valence electrons. The predicted octanol–water partition coefficient (Wildman–Crippen LogP) is 2.69. The SMILES string of the molecule is CCN1CCN(CCNC(=NC)NCc2ccc(COCC(F)(F)F)cc2)CC1.I. The molecule has 0 atom stereocenters. The van der Waals surface area contributed by atoms with E-state index in [1.165, 1.54) is 0 Å². The Morgan fingerprint density at radius 3 is 2.20 bits per heavy atom. The van der Waals surface area contributed by atoms with Crippen LogP contribution in [0.5, 0.6) is 0 Å². The van der Waals surface area contributed by atoms with E-state index in [0.717, 1.165) is 57.3 Å². The number of halogens is 4. The monoisotopic (exact) mass is 543 g/mol. The van der Waals surface area contributed by atoms with Gasteiger partial charge in [0.05, 0.1) is 6.61 Å². The Morgan fingerprint density at radius 1 is 1.03 bits per heavy atom. The summed E-state index contributed by atoms with van der Waals surface area (Å²) in [7, 11) is 1.73. The van der Waals surface area contributed by atoms with Crippen LogP contribution in [-0.4, -0.2) is 81.4 Å². The average molecular weight is 543 g/mol. The molecule has 1 aromatic rings. The highest BCUT2D eigenvalue weighted by atomic mass is 127. The van der Waals surface area contributed by atoms with Crippen LogP contribution in [0.3, 0.4) is 0 Å². The first-order valence-electron chi connectivity index (χ1n) is 10.0. The highest BCUT2D eigenvalue weighted by molar-refractivity contribution is 14.0. The molecule has 0 spiro atoms. The van der Waals surface area contributed by atoms with Crippen LogP contribution < -0.4 is 10.6 Å². The van der Waals surface area contributed by atoms with E-state index < -0.39 is 12.8 Å². The summed E-state index contributed by atoms with van der Waals surface area (Å²) in [6.45, 7) is 8.86. The third-order valence-electron chi connectivity index (χ3n) is 4.87. The molecule has 0 bridgehead atoms. The minimum atomic E-state index is -4.30. The van der Waals surface area contributed by atoms with Crippen LogP contribution in [0.25, 0.3) is 0 Å². The highest BCUT2D eigenvalue weighted by Gasteiger charge is 2.27. The molecule has 1 heterocycles. The van der Waals surface area contributed by atoms with Gasteiger partial charge in [0.1, 0.15) is 6.61 Å². The normalized spacial score (nSPS) is 16.2. The molecule has 1 fully saturated rings. The van der Waals surface area contributed by atoms with Gasteiger partial charge in [0.15, 0.2) is 5.96 Å². The highest BCUT2D eigenvalue weighted by Crippen LogP contribution is 2.15. The summed E-state index contributed by atoms with van der Waals surface area (Å²) in [5.41, 5.74) is 1.73. The molecule has 0 unspecified atom stereocenters. The molecule has 1 aromatic carbocycles. The number of nitrogens with one attached hydrogen (secondary N) is 2. The second-order valence-corrected chi connectivity index (χ2v) is 7.05. The van der Waals surface area contributed by atoms with Crippen LogP contribution in [0.15, 0.2) is 29.3 Å². The summed E-state index contributed by atoms with van der Waals surface area (Å²) < 4.78 is 41.0. The minimum Gasteiger partial charge on any atom is -0.367 e. The van der Waals surface area contributed by atoms with E-state index in [9.17, 15) is 13.2 Å². The molecular formula is C20H33F3IN5O. The van der Waals surface area contributed by atoms with Crippen LogP contribution in [0.2, 0.25) is 0 Å². The molecular weight excluding hydrogens is 510 g/mol. The smallest absolute Gasteiger partial charge is 0.367 e. The Bertz CT molecular complexity index is 620. The molecule has 2 N–H and O–H groups in total. The van der Waals surface area contributed by atoms with Crippen LogP contribution in [0.1, 0.15) is 18.1 Å². The Morgan fingerprint density at radius 2 is 1.63 bits per heavy atom. The minimum absolute atomic E-state index is 0. The van der Waals surface area contributed by atoms with E-state index in [2.05, 4.69) is 37.1 Å². The summed E-state index contributed by atoms with van der Waals surface area (Å²) in [4.78, 5) is 9.14. The lowest BCUT2D eigenvalue weighted by Crippen LogP contribution is -2.49. The number of alkyl halides is 3. The summed E-state index contributed by atoms with van der Waals surface area (Å²) in [5, 5.41) is 6.58. The number of ether oxygens (including phenoxy) is 1. The number of nitrogens with zero attached hydrogens (tertiary/aromatic N) is 3. The zero-order chi connectivity index (χ0) is 21.1. The van der Waals surface area contributed by atoms with Crippen molar-refractivity contribution in [2.45, 2.75) is 26.3 Å². The summed E-state index contributed by atoms with van der Waals surface area (Å²) in [6, 6.07) is 7.30. The lowest BCUT2D eigenvalue weighted by Gasteiger charge is -2.34. The fourth-order valence-electron chi connectivity index (χ4n) is 3.11. The lowest BCUT2D eigenvalue weighted by atomic mass is 10.1. The average Bonchev–Trinajstić information content (AvgIpc) is 2.71. The van der Waals surface area contributed by atoms with Gasteiger partial charge in [-0.1, -0.05) is 31.2 Å². The van der Waals surface area contributed by atoms with E-state index in [0.29, 0.717) is 12.1 Å². The number of hydrogen-bond donors (Lipinski definition) is 2. The molecule has 1 saturated heterocycles. The number of hydrogen-bond acceptors (Lipinski definition) is 4. The van der Waals surface area contributed by atoms with Crippen molar-refractivity contribution in [3.8, 4) is 0 Å². The molecule has 30 heavy (non-hydrogen) atoms. The third kappa shape index (κ3) is 10.8. The van der Waals surface area contributed by atoms with Crippen LogP contribution in [0.4, 0.5) is 13.2 Å². The van der Waals surface area contributed by atoms with Crippen molar-refractivity contribution >= 4 is 29.9 Å². The standard InChI is InChI=1S/C20H32F3N5O.HI/c1-3-27-10-12-28(13-11-27)9-8-25-19(24-2)26-14-17-4-6-18(7-5-17)15-29-16-20(21,22)23;/h4-7H,3,8-16H2,1-2H3,(H2,24,25,26);1H. The number of piperazine rings is 1. The molecule has 1 aliphatic heterocycles. The summed E-state index contributed by atoms with van der Waals surface area (Å²) in [6.07, 6.45) is -4.30. The molecule has 0 aliphatic carbocycles. The molecule has 0 saturated carbocycles. The van der Waals surface area contributed by atoms with E-state index in [1.54, 1.807) is 19.2 Å². The van der Waals surface area contributed by atoms with Gasteiger partial charge in [0.2, 0.25) is 0 Å². The molecule has 0 amide bonds. The van der Waals surface area contributed by atoms with Gasteiger partial charge in [-0.15, -0.1) is 24.0 Å². The van der Waals surface area contributed by atoms with E-state index in [1.807, 2.05) is 12.1 Å². The van der Waals surface area contributed by atoms with Crippen LogP contribution in [0, 0.1) is 0 Å². The fraction of sp³-hybridized carbons (Fsp3) is 0.650. The molecule has 2 rings (SSSR count). The van der Waals surface area contributed by atoms with Crippen LogP contribution in [-0.2, 0) is 17.9 Å². The topological polar surface area (TPSA) is 52.1 Å².